The molecule has 2 unspecified atom stereocenters. The Labute approximate surface area is 119 Å². The van der Waals surface area contributed by atoms with E-state index in [4.69, 9.17) is 10.5 Å². The van der Waals surface area contributed by atoms with Crippen LogP contribution >= 0.6 is 0 Å². The molecule has 1 heterocycles. The average molecular weight is 275 g/mol. The molecule has 0 aromatic heterocycles. The zero-order chi connectivity index (χ0) is 13.9. The summed E-state index contributed by atoms with van der Waals surface area (Å²) in [6.07, 6.45) is 4.20. The maximum Gasteiger partial charge on any atom is 0.414 e. The van der Waals surface area contributed by atoms with Crippen molar-refractivity contribution in [2.45, 2.75) is 37.8 Å². The molecule has 2 fully saturated rings. The molecule has 1 aliphatic carbocycles. The van der Waals surface area contributed by atoms with Crippen LogP contribution in [-0.4, -0.2) is 31.3 Å². The molecular formula is C15H21N3O2. The number of benzene rings is 1. The first kappa shape index (κ1) is 13.2. The number of ether oxygens (including phenoxy) is 1. The highest BCUT2D eigenvalue weighted by atomic mass is 16.6. The SMILES string of the molecule is NC1CCCC(Nc2cccc(N3CCOC3=O)c2)C1. The summed E-state index contributed by atoms with van der Waals surface area (Å²) in [4.78, 5) is 13.3. The van der Waals surface area contributed by atoms with Crippen LogP contribution in [0.1, 0.15) is 25.7 Å². The molecule has 3 rings (SSSR count). The first-order valence-corrected chi connectivity index (χ1v) is 7.29. The van der Waals surface area contributed by atoms with E-state index in [-0.39, 0.29) is 6.09 Å². The lowest BCUT2D eigenvalue weighted by Crippen LogP contribution is -2.34. The summed E-state index contributed by atoms with van der Waals surface area (Å²) in [5.74, 6) is 0. The predicted octanol–water partition coefficient (Wildman–Crippen LogP) is 2.33. The van der Waals surface area contributed by atoms with Gasteiger partial charge in [0.2, 0.25) is 0 Å². The Kier molecular flexibility index (Phi) is 3.78. The van der Waals surface area contributed by atoms with Gasteiger partial charge in [-0.1, -0.05) is 6.07 Å². The zero-order valence-corrected chi connectivity index (χ0v) is 11.5. The molecule has 20 heavy (non-hydrogen) atoms. The minimum absolute atomic E-state index is 0.262. The summed E-state index contributed by atoms with van der Waals surface area (Å²) in [5.41, 5.74) is 7.95. The van der Waals surface area contributed by atoms with Crippen molar-refractivity contribution in [1.29, 1.82) is 0 Å². The smallest absolute Gasteiger partial charge is 0.414 e. The molecule has 5 heteroatoms. The van der Waals surface area contributed by atoms with Gasteiger partial charge in [-0.15, -0.1) is 0 Å². The van der Waals surface area contributed by atoms with E-state index in [0.717, 1.165) is 30.6 Å². The van der Waals surface area contributed by atoms with Gasteiger partial charge in [0.25, 0.3) is 0 Å². The number of rotatable bonds is 3. The molecule has 1 aromatic rings. The number of carbonyl (C=O) groups is 1. The number of nitrogens with zero attached hydrogens (tertiary/aromatic N) is 1. The number of hydrogen-bond acceptors (Lipinski definition) is 4. The van der Waals surface area contributed by atoms with Crippen molar-refractivity contribution in [2.24, 2.45) is 5.73 Å². The quantitative estimate of drug-likeness (QED) is 0.888. The highest BCUT2D eigenvalue weighted by Crippen LogP contribution is 2.25. The number of cyclic esters (lactones) is 1. The fourth-order valence-corrected chi connectivity index (χ4v) is 2.99. The van der Waals surface area contributed by atoms with Crippen LogP contribution in [0.25, 0.3) is 0 Å². The standard InChI is InChI=1S/C15H21N3O2/c16-11-3-1-4-12(9-11)17-13-5-2-6-14(10-13)18-7-8-20-15(18)19/h2,5-6,10-12,17H,1,3-4,7-9,16H2. The Morgan fingerprint density at radius 3 is 3.00 bits per heavy atom. The number of anilines is 2. The van der Waals surface area contributed by atoms with Gasteiger partial charge in [0.1, 0.15) is 6.61 Å². The highest BCUT2D eigenvalue weighted by Gasteiger charge is 2.24. The number of carbonyl (C=O) groups excluding carboxylic acids is 1. The summed E-state index contributed by atoms with van der Waals surface area (Å²) in [6, 6.07) is 8.67. The van der Waals surface area contributed by atoms with Crippen LogP contribution in [0.15, 0.2) is 24.3 Å². The molecule has 0 radical (unpaired) electrons. The average Bonchev–Trinajstić information content (AvgIpc) is 2.85. The van der Waals surface area contributed by atoms with E-state index in [9.17, 15) is 4.79 Å². The molecule has 0 spiro atoms. The summed E-state index contributed by atoms with van der Waals surface area (Å²) in [6.45, 7) is 1.09. The van der Waals surface area contributed by atoms with Crippen LogP contribution in [0.3, 0.4) is 0 Å². The van der Waals surface area contributed by atoms with Crippen molar-refractivity contribution in [3.05, 3.63) is 24.3 Å². The molecule has 1 amide bonds. The lowest BCUT2D eigenvalue weighted by molar-refractivity contribution is 0.181. The molecule has 3 N–H and O–H groups in total. The van der Waals surface area contributed by atoms with Gasteiger partial charge in [-0.05, 0) is 43.9 Å². The summed E-state index contributed by atoms with van der Waals surface area (Å²) < 4.78 is 4.97. The molecule has 0 bridgehead atoms. The van der Waals surface area contributed by atoms with Crippen LogP contribution in [0.2, 0.25) is 0 Å². The first-order valence-electron chi connectivity index (χ1n) is 7.29. The van der Waals surface area contributed by atoms with E-state index in [1.165, 1.54) is 6.42 Å². The van der Waals surface area contributed by atoms with Crippen molar-refractivity contribution in [3.8, 4) is 0 Å². The van der Waals surface area contributed by atoms with E-state index in [2.05, 4.69) is 5.32 Å². The van der Waals surface area contributed by atoms with Crippen LogP contribution in [-0.2, 0) is 4.74 Å². The van der Waals surface area contributed by atoms with E-state index >= 15 is 0 Å². The Morgan fingerprint density at radius 2 is 2.25 bits per heavy atom. The number of nitrogens with two attached hydrogens (primary N) is 1. The van der Waals surface area contributed by atoms with Gasteiger partial charge in [-0.25, -0.2) is 4.79 Å². The minimum atomic E-state index is -0.262. The lowest BCUT2D eigenvalue weighted by Gasteiger charge is -2.28. The molecule has 5 nitrogen and oxygen atoms in total. The molecule has 108 valence electrons. The van der Waals surface area contributed by atoms with Gasteiger partial charge in [-0.2, -0.15) is 0 Å². The Balaban J connectivity index is 1.69. The topological polar surface area (TPSA) is 67.6 Å². The van der Waals surface area contributed by atoms with Crippen molar-refractivity contribution < 1.29 is 9.53 Å². The summed E-state index contributed by atoms with van der Waals surface area (Å²) in [7, 11) is 0. The van der Waals surface area contributed by atoms with Crippen LogP contribution in [0.4, 0.5) is 16.2 Å². The first-order chi connectivity index (χ1) is 9.72. The summed E-state index contributed by atoms with van der Waals surface area (Å²) >= 11 is 0. The van der Waals surface area contributed by atoms with Crippen LogP contribution < -0.4 is 16.0 Å². The summed E-state index contributed by atoms with van der Waals surface area (Å²) in [5, 5.41) is 3.53. The monoisotopic (exact) mass is 275 g/mol. The van der Waals surface area contributed by atoms with E-state index in [1.807, 2.05) is 24.3 Å². The normalized spacial score (nSPS) is 26.4. The van der Waals surface area contributed by atoms with Gasteiger partial charge in [0.15, 0.2) is 0 Å². The fraction of sp³-hybridized carbons (Fsp3) is 0.533. The van der Waals surface area contributed by atoms with E-state index < -0.39 is 0 Å². The van der Waals surface area contributed by atoms with Crippen molar-refractivity contribution >= 4 is 17.5 Å². The molecule has 2 aliphatic rings. The maximum absolute atomic E-state index is 11.6. The van der Waals surface area contributed by atoms with Gasteiger partial charge in [0.05, 0.1) is 6.54 Å². The molecule has 1 saturated carbocycles. The predicted molar refractivity (Wildman–Crippen MR) is 79.0 cm³/mol. The lowest BCUT2D eigenvalue weighted by atomic mass is 9.91. The van der Waals surface area contributed by atoms with Crippen molar-refractivity contribution in [2.75, 3.05) is 23.4 Å². The largest absolute Gasteiger partial charge is 0.447 e. The number of amides is 1. The third-order valence-electron chi connectivity index (χ3n) is 4.00. The minimum Gasteiger partial charge on any atom is -0.447 e. The third kappa shape index (κ3) is 2.88. The van der Waals surface area contributed by atoms with Crippen molar-refractivity contribution in [3.63, 3.8) is 0 Å². The third-order valence-corrected chi connectivity index (χ3v) is 4.00. The molecule has 1 saturated heterocycles. The highest BCUT2D eigenvalue weighted by molar-refractivity contribution is 5.89. The van der Waals surface area contributed by atoms with Crippen molar-refractivity contribution in [1.82, 2.24) is 0 Å². The van der Waals surface area contributed by atoms with Crippen LogP contribution in [0, 0.1) is 0 Å². The second-order valence-electron chi connectivity index (χ2n) is 5.58. The number of nitrogens with one attached hydrogen (secondary N) is 1. The molecular weight excluding hydrogens is 254 g/mol. The second-order valence-corrected chi connectivity index (χ2v) is 5.58. The van der Waals surface area contributed by atoms with Gasteiger partial charge in [-0.3, -0.25) is 4.90 Å². The zero-order valence-electron chi connectivity index (χ0n) is 11.5. The number of hydrogen-bond donors (Lipinski definition) is 2. The Bertz CT molecular complexity index is 492. The van der Waals surface area contributed by atoms with Crippen LogP contribution in [0.5, 0.6) is 0 Å². The van der Waals surface area contributed by atoms with E-state index in [0.29, 0.717) is 25.2 Å². The van der Waals surface area contributed by atoms with Gasteiger partial charge in [0, 0.05) is 23.5 Å². The Hall–Kier alpha value is -1.75. The maximum atomic E-state index is 11.6. The Morgan fingerprint density at radius 1 is 1.35 bits per heavy atom. The van der Waals surface area contributed by atoms with E-state index in [1.54, 1.807) is 4.90 Å². The fourth-order valence-electron chi connectivity index (χ4n) is 2.99. The molecule has 1 aromatic carbocycles. The second kappa shape index (κ2) is 5.71. The van der Waals surface area contributed by atoms with Gasteiger partial charge >= 0.3 is 6.09 Å². The molecule has 1 aliphatic heterocycles. The van der Waals surface area contributed by atoms with Gasteiger partial charge < -0.3 is 15.8 Å². The molecule has 2 atom stereocenters.